The summed E-state index contributed by atoms with van der Waals surface area (Å²) in [7, 11) is 0. The molecule has 1 amide bonds. The smallest absolute Gasteiger partial charge is 0.247 e. The van der Waals surface area contributed by atoms with Gasteiger partial charge in [-0.05, 0) is 37.3 Å². The molecule has 0 bridgehead atoms. The van der Waals surface area contributed by atoms with Crippen LogP contribution in [0.3, 0.4) is 0 Å². The predicted molar refractivity (Wildman–Crippen MR) is 104 cm³/mol. The lowest BCUT2D eigenvalue weighted by molar-refractivity contribution is -0.123. The number of carbonyl (C=O) groups excluding carboxylic acids is 1. The molecule has 2 aliphatic heterocycles. The SMILES string of the molecule is N#C[C@@]1(C2CC2)CCN(c2ccnn3cc(-c4cnn(C5COC5)c4)cc23)C1=O. The summed E-state index contributed by atoms with van der Waals surface area (Å²) in [5.74, 6) is 0.155. The third-order valence-corrected chi connectivity index (χ3v) is 6.54. The van der Waals surface area contributed by atoms with Crippen molar-refractivity contribution in [1.82, 2.24) is 19.4 Å². The third-order valence-electron chi connectivity index (χ3n) is 6.54. The fourth-order valence-electron chi connectivity index (χ4n) is 4.57. The van der Waals surface area contributed by atoms with E-state index < -0.39 is 5.41 Å². The Morgan fingerprint density at radius 1 is 1.21 bits per heavy atom. The molecular weight excluding hydrogens is 368 g/mol. The lowest BCUT2D eigenvalue weighted by Gasteiger charge is -2.25. The summed E-state index contributed by atoms with van der Waals surface area (Å²) in [6, 6.07) is 6.57. The van der Waals surface area contributed by atoms with Crippen LogP contribution < -0.4 is 4.90 Å². The van der Waals surface area contributed by atoms with Gasteiger partial charge >= 0.3 is 0 Å². The van der Waals surface area contributed by atoms with Gasteiger partial charge in [0.1, 0.15) is 5.41 Å². The average Bonchev–Trinajstić information content (AvgIpc) is 3.13. The van der Waals surface area contributed by atoms with E-state index in [4.69, 9.17) is 4.74 Å². The third kappa shape index (κ3) is 2.37. The van der Waals surface area contributed by atoms with E-state index in [0.29, 0.717) is 32.2 Å². The minimum atomic E-state index is -0.846. The van der Waals surface area contributed by atoms with Crippen LogP contribution in [0.15, 0.2) is 36.9 Å². The van der Waals surface area contributed by atoms with Crippen LogP contribution in [0.25, 0.3) is 16.6 Å². The monoisotopic (exact) mass is 388 g/mol. The topological polar surface area (TPSA) is 88.4 Å². The van der Waals surface area contributed by atoms with Crippen molar-refractivity contribution in [1.29, 1.82) is 5.26 Å². The fraction of sp³-hybridized carbons (Fsp3) is 0.429. The second kappa shape index (κ2) is 5.91. The summed E-state index contributed by atoms with van der Waals surface area (Å²) in [4.78, 5) is 15.0. The standard InChI is InChI=1S/C21H20N6O2/c22-13-21(16-1-2-16)4-6-25(20(21)28)18-3-5-23-27-9-14(7-19(18)27)15-8-24-26(10-15)17-11-29-12-17/h3,5,7-10,16-17H,1-2,4,6,11-12H2/t21-/m1/s1. The second-order valence-corrected chi connectivity index (χ2v) is 8.24. The van der Waals surface area contributed by atoms with Crippen molar-refractivity contribution in [3.63, 3.8) is 0 Å². The number of nitrogens with zero attached hydrogens (tertiary/aromatic N) is 6. The van der Waals surface area contributed by atoms with Crippen molar-refractivity contribution in [2.45, 2.75) is 25.3 Å². The van der Waals surface area contributed by atoms with Crippen LogP contribution in [0, 0.1) is 22.7 Å². The van der Waals surface area contributed by atoms with Gasteiger partial charge in [-0.1, -0.05) is 0 Å². The molecule has 3 aromatic heterocycles. The highest BCUT2D eigenvalue weighted by Crippen LogP contribution is 2.52. The molecule has 8 heteroatoms. The van der Waals surface area contributed by atoms with Gasteiger partial charge in [0.15, 0.2) is 0 Å². The molecule has 1 saturated carbocycles. The molecule has 0 radical (unpaired) electrons. The van der Waals surface area contributed by atoms with Gasteiger partial charge in [-0.15, -0.1) is 0 Å². The van der Waals surface area contributed by atoms with Gasteiger partial charge in [0.25, 0.3) is 0 Å². The van der Waals surface area contributed by atoms with Gasteiger partial charge in [0.05, 0.1) is 42.7 Å². The summed E-state index contributed by atoms with van der Waals surface area (Å²) in [6.45, 7) is 1.97. The maximum absolute atomic E-state index is 13.2. The van der Waals surface area contributed by atoms with Crippen LogP contribution in [0.1, 0.15) is 25.3 Å². The van der Waals surface area contributed by atoms with Crippen molar-refractivity contribution in [3.05, 3.63) is 36.9 Å². The number of hydrogen-bond acceptors (Lipinski definition) is 5. The maximum Gasteiger partial charge on any atom is 0.247 e. The molecule has 1 atom stereocenters. The number of carbonyl (C=O) groups is 1. The molecule has 146 valence electrons. The van der Waals surface area contributed by atoms with E-state index in [9.17, 15) is 10.1 Å². The molecule has 5 heterocycles. The lowest BCUT2D eigenvalue weighted by atomic mass is 9.83. The van der Waals surface area contributed by atoms with Crippen LogP contribution in [0.2, 0.25) is 0 Å². The molecule has 3 fully saturated rings. The Hall–Kier alpha value is -3.18. The van der Waals surface area contributed by atoms with Gasteiger partial charge < -0.3 is 9.64 Å². The summed E-state index contributed by atoms with van der Waals surface area (Å²) in [5.41, 5.74) is 2.83. The highest BCUT2D eigenvalue weighted by atomic mass is 16.5. The molecule has 2 saturated heterocycles. The fourth-order valence-corrected chi connectivity index (χ4v) is 4.57. The van der Waals surface area contributed by atoms with Gasteiger partial charge in [-0.25, -0.2) is 4.52 Å². The molecule has 0 N–H and O–H groups in total. The van der Waals surface area contributed by atoms with E-state index in [2.05, 4.69) is 16.3 Å². The zero-order valence-electron chi connectivity index (χ0n) is 15.9. The zero-order chi connectivity index (χ0) is 19.6. The quantitative estimate of drug-likeness (QED) is 0.685. The maximum atomic E-state index is 13.2. The van der Waals surface area contributed by atoms with E-state index in [1.807, 2.05) is 35.4 Å². The minimum absolute atomic E-state index is 0.0591. The molecule has 0 spiro atoms. The van der Waals surface area contributed by atoms with E-state index in [0.717, 1.165) is 35.2 Å². The van der Waals surface area contributed by atoms with Crippen molar-refractivity contribution < 1.29 is 9.53 Å². The van der Waals surface area contributed by atoms with Crippen LogP contribution in [-0.2, 0) is 9.53 Å². The second-order valence-electron chi connectivity index (χ2n) is 8.24. The van der Waals surface area contributed by atoms with E-state index in [1.165, 1.54) is 0 Å². The highest BCUT2D eigenvalue weighted by molar-refractivity contribution is 6.05. The first-order valence-electron chi connectivity index (χ1n) is 10.0. The first kappa shape index (κ1) is 16.7. The molecule has 6 rings (SSSR count). The Bertz CT molecular complexity index is 1170. The van der Waals surface area contributed by atoms with Crippen molar-refractivity contribution in [2.24, 2.45) is 11.3 Å². The summed E-state index contributed by atoms with van der Waals surface area (Å²) in [6.07, 6.45) is 10.1. The predicted octanol–water partition coefficient (Wildman–Crippen LogP) is 2.43. The van der Waals surface area contributed by atoms with Gasteiger partial charge in [-0.2, -0.15) is 15.5 Å². The van der Waals surface area contributed by atoms with Gasteiger partial charge in [0, 0.05) is 36.3 Å². The first-order valence-corrected chi connectivity index (χ1v) is 10.0. The molecule has 0 aromatic carbocycles. The molecular formula is C21H20N6O2. The lowest BCUT2D eigenvalue weighted by Crippen LogP contribution is -2.35. The van der Waals surface area contributed by atoms with E-state index in [-0.39, 0.29) is 11.8 Å². The number of anilines is 1. The zero-order valence-corrected chi connectivity index (χ0v) is 15.9. The largest absolute Gasteiger partial charge is 0.377 e. The average molecular weight is 388 g/mol. The molecule has 1 aliphatic carbocycles. The molecule has 3 aromatic rings. The van der Waals surface area contributed by atoms with Crippen LogP contribution in [-0.4, -0.2) is 45.1 Å². The van der Waals surface area contributed by atoms with Crippen molar-refractivity contribution in [3.8, 4) is 17.2 Å². The van der Waals surface area contributed by atoms with Crippen molar-refractivity contribution in [2.75, 3.05) is 24.7 Å². The normalized spacial score (nSPS) is 24.8. The Balaban J connectivity index is 1.37. The van der Waals surface area contributed by atoms with Crippen LogP contribution >= 0.6 is 0 Å². The Labute approximate surface area is 167 Å². The Morgan fingerprint density at radius 2 is 2.07 bits per heavy atom. The summed E-state index contributed by atoms with van der Waals surface area (Å²) < 4.78 is 8.98. The number of hydrogen-bond donors (Lipinski definition) is 0. The number of aromatic nitrogens is 4. The summed E-state index contributed by atoms with van der Waals surface area (Å²) >= 11 is 0. The molecule has 8 nitrogen and oxygen atoms in total. The number of ether oxygens (including phenoxy) is 1. The van der Waals surface area contributed by atoms with Gasteiger partial charge in [-0.3, -0.25) is 9.48 Å². The number of rotatable bonds is 4. The number of amides is 1. The number of fused-ring (bicyclic) bond motifs is 1. The molecule has 0 unspecified atom stereocenters. The number of nitriles is 1. The highest BCUT2D eigenvalue weighted by Gasteiger charge is 2.57. The molecule has 3 aliphatic rings. The van der Waals surface area contributed by atoms with Crippen LogP contribution in [0.5, 0.6) is 0 Å². The van der Waals surface area contributed by atoms with Crippen molar-refractivity contribution >= 4 is 17.1 Å². The van der Waals surface area contributed by atoms with Gasteiger partial charge in [0.2, 0.25) is 5.91 Å². The first-order chi connectivity index (χ1) is 14.2. The Kier molecular flexibility index (Phi) is 3.41. The molecule has 29 heavy (non-hydrogen) atoms. The Morgan fingerprint density at radius 3 is 2.79 bits per heavy atom. The minimum Gasteiger partial charge on any atom is -0.377 e. The van der Waals surface area contributed by atoms with Crippen LogP contribution in [0.4, 0.5) is 5.69 Å². The van der Waals surface area contributed by atoms with E-state index >= 15 is 0 Å². The summed E-state index contributed by atoms with van der Waals surface area (Å²) in [5, 5.41) is 18.7. The van der Waals surface area contributed by atoms with E-state index in [1.54, 1.807) is 15.6 Å².